The predicted molar refractivity (Wildman–Crippen MR) is 47.3 cm³/mol. The molecule has 0 saturated carbocycles. The van der Waals surface area contributed by atoms with Crippen LogP contribution in [0.4, 0.5) is 0 Å². The highest BCUT2D eigenvalue weighted by Crippen LogP contribution is 2.22. The van der Waals surface area contributed by atoms with Crippen LogP contribution in [0.25, 0.3) is 0 Å². The van der Waals surface area contributed by atoms with Crippen LogP contribution in [-0.4, -0.2) is 11.8 Å². The molecule has 2 N–H and O–H groups in total. The standard InChI is InChI=1S/C7H8ClNOS/c1-4(9)7(10)5-2-3-6(8)11-5/h2-4H,9H2,1H3/t4-/m1/s1. The van der Waals surface area contributed by atoms with Crippen molar-refractivity contribution in [3.8, 4) is 0 Å². The van der Waals surface area contributed by atoms with Crippen LogP contribution in [0, 0.1) is 0 Å². The molecule has 0 aliphatic rings. The summed E-state index contributed by atoms with van der Waals surface area (Å²) in [6.07, 6.45) is 0. The summed E-state index contributed by atoms with van der Waals surface area (Å²) in [6.45, 7) is 1.66. The molecule has 1 heterocycles. The summed E-state index contributed by atoms with van der Waals surface area (Å²) in [5.74, 6) is -0.0538. The molecule has 0 radical (unpaired) electrons. The molecule has 0 aliphatic heterocycles. The molecule has 1 atom stereocenters. The molecular formula is C7H8ClNOS. The van der Waals surface area contributed by atoms with Crippen LogP contribution in [-0.2, 0) is 0 Å². The van der Waals surface area contributed by atoms with Gasteiger partial charge in [-0.25, -0.2) is 0 Å². The van der Waals surface area contributed by atoms with Crippen molar-refractivity contribution in [1.29, 1.82) is 0 Å². The number of carbonyl (C=O) groups excluding carboxylic acids is 1. The molecule has 60 valence electrons. The van der Waals surface area contributed by atoms with Gasteiger partial charge < -0.3 is 5.73 Å². The van der Waals surface area contributed by atoms with Crippen molar-refractivity contribution >= 4 is 28.7 Å². The summed E-state index contributed by atoms with van der Waals surface area (Å²) in [6, 6.07) is 2.95. The van der Waals surface area contributed by atoms with Crippen LogP contribution in [0.3, 0.4) is 0 Å². The van der Waals surface area contributed by atoms with Gasteiger partial charge in [-0.05, 0) is 19.1 Å². The van der Waals surface area contributed by atoms with Crippen LogP contribution >= 0.6 is 22.9 Å². The molecule has 0 bridgehead atoms. The molecule has 0 amide bonds. The van der Waals surface area contributed by atoms with Gasteiger partial charge in [0.25, 0.3) is 0 Å². The van der Waals surface area contributed by atoms with Gasteiger partial charge in [-0.3, -0.25) is 4.79 Å². The summed E-state index contributed by atoms with van der Waals surface area (Å²) in [4.78, 5) is 11.8. The Hall–Kier alpha value is -0.380. The Morgan fingerprint density at radius 1 is 1.73 bits per heavy atom. The highest BCUT2D eigenvalue weighted by atomic mass is 35.5. The van der Waals surface area contributed by atoms with Crippen molar-refractivity contribution in [3.05, 3.63) is 21.3 Å². The van der Waals surface area contributed by atoms with E-state index < -0.39 is 6.04 Å². The molecule has 0 fully saturated rings. The van der Waals surface area contributed by atoms with Gasteiger partial charge in [-0.15, -0.1) is 11.3 Å². The molecule has 0 aliphatic carbocycles. The van der Waals surface area contributed by atoms with Gasteiger partial charge >= 0.3 is 0 Å². The number of ketones is 1. The first-order valence-corrected chi connectivity index (χ1v) is 4.36. The van der Waals surface area contributed by atoms with E-state index in [4.69, 9.17) is 17.3 Å². The van der Waals surface area contributed by atoms with Crippen molar-refractivity contribution < 1.29 is 4.79 Å². The van der Waals surface area contributed by atoms with E-state index in [1.54, 1.807) is 19.1 Å². The molecule has 0 unspecified atom stereocenters. The number of halogens is 1. The topological polar surface area (TPSA) is 43.1 Å². The average Bonchev–Trinajstić information content (AvgIpc) is 2.34. The zero-order chi connectivity index (χ0) is 8.43. The van der Waals surface area contributed by atoms with Gasteiger partial charge in [0.1, 0.15) is 0 Å². The van der Waals surface area contributed by atoms with Crippen molar-refractivity contribution in [3.63, 3.8) is 0 Å². The van der Waals surface area contributed by atoms with Gasteiger partial charge in [0.15, 0.2) is 5.78 Å². The number of hydrogen-bond acceptors (Lipinski definition) is 3. The summed E-state index contributed by atoms with van der Waals surface area (Å²) < 4.78 is 0.619. The van der Waals surface area contributed by atoms with Crippen LogP contribution < -0.4 is 5.73 Å². The van der Waals surface area contributed by atoms with Crippen LogP contribution in [0.5, 0.6) is 0 Å². The number of carbonyl (C=O) groups is 1. The minimum Gasteiger partial charge on any atom is -0.321 e. The number of hydrogen-bond donors (Lipinski definition) is 1. The number of thiophene rings is 1. The lowest BCUT2D eigenvalue weighted by Gasteiger charge is -1.98. The highest BCUT2D eigenvalue weighted by Gasteiger charge is 2.12. The third kappa shape index (κ3) is 2.02. The van der Waals surface area contributed by atoms with Gasteiger partial charge in [-0.1, -0.05) is 11.6 Å². The van der Waals surface area contributed by atoms with Crippen molar-refractivity contribution in [2.24, 2.45) is 5.73 Å². The van der Waals surface area contributed by atoms with Gasteiger partial charge in [-0.2, -0.15) is 0 Å². The van der Waals surface area contributed by atoms with E-state index >= 15 is 0 Å². The van der Waals surface area contributed by atoms with E-state index in [-0.39, 0.29) is 5.78 Å². The SMILES string of the molecule is C[C@@H](N)C(=O)c1ccc(Cl)s1. The number of Topliss-reactive ketones (excluding diaryl/α,β-unsaturated/α-hetero) is 1. The molecule has 0 aromatic carbocycles. The molecule has 1 aromatic rings. The molecular weight excluding hydrogens is 182 g/mol. The summed E-state index contributed by atoms with van der Waals surface area (Å²) in [7, 11) is 0. The molecule has 4 heteroatoms. The second kappa shape index (κ2) is 3.34. The normalized spacial score (nSPS) is 13.0. The fourth-order valence-electron chi connectivity index (χ4n) is 0.671. The molecule has 1 aromatic heterocycles. The minimum atomic E-state index is -0.440. The Bertz CT molecular complexity index is 269. The maximum absolute atomic E-state index is 11.2. The van der Waals surface area contributed by atoms with Crippen LogP contribution in [0.1, 0.15) is 16.6 Å². The minimum absolute atomic E-state index is 0.0538. The largest absolute Gasteiger partial charge is 0.321 e. The summed E-state index contributed by atoms with van der Waals surface area (Å²) >= 11 is 6.89. The molecule has 2 nitrogen and oxygen atoms in total. The summed E-state index contributed by atoms with van der Waals surface area (Å²) in [5.41, 5.74) is 5.39. The first-order valence-electron chi connectivity index (χ1n) is 3.16. The molecule has 0 saturated heterocycles. The Morgan fingerprint density at radius 2 is 2.36 bits per heavy atom. The van der Waals surface area contributed by atoms with Crippen LogP contribution in [0.15, 0.2) is 12.1 Å². The van der Waals surface area contributed by atoms with E-state index in [9.17, 15) is 4.79 Å². The highest BCUT2D eigenvalue weighted by molar-refractivity contribution is 7.18. The lowest BCUT2D eigenvalue weighted by atomic mass is 10.2. The van der Waals surface area contributed by atoms with Crippen molar-refractivity contribution in [2.75, 3.05) is 0 Å². The zero-order valence-electron chi connectivity index (χ0n) is 6.00. The van der Waals surface area contributed by atoms with Crippen molar-refractivity contribution in [2.45, 2.75) is 13.0 Å². The Morgan fingerprint density at radius 3 is 2.73 bits per heavy atom. The smallest absolute Gasteiger partial charge is 0.189 e. The molecule has 11 heavy (non-hydrogen) atoms. The Balaban J connectivity index is 2.85. The maximum Gasteiger partial charge on any atom is 0.189 e. The van der Waals surface area contributed by atoms with Gasteiger partial charge in [0, 0.05) is 0 Å². The van der Waals surface area contributed by atoms with Gasteiger partial charge in [0.2, 0.25) is 0 Å². The van der Waals surface area contributed by atoms with E-state index in [1.165, 1.54) is 11.3 Å². The van der Waals surface area contributed by atoms with E-state index in [0.717, 1.165) is 0 Å². The fraction of sp³-hybridized carbons (Fsp3) is 0.286. The second-order valence-electron chi connectivity index (χ2n) is 2.26. The Kier molecular flexibility index (Phi) is 2.65. The number of rotatable bonds is 2. The Labute approximate surface area is 74.0 Å². The lowest BCUT2D eigenvalue weighted by molar-refractivity contribution is 0.0972. The average molecular weight is 190 g/mol. The van der Waals surface area contributed by atoms with E-state index in [1.807, 2.05) is 0 Å². The molecule has 1 rings (SSSR count). The number of nitrogens with two attached hydrogens (primary N) is 1. The third-order valence-corrected chi connectivity index (χ3v) is 2.48. The van der Waals surface area contributed by atoms with E-state index in [0.29, 0.717) is 9.21 Å². The first-order chi connectivity index (χ1) is 5.11. The van der Waals surface area contributed by atoms with Crippen molar-refractivity contribution in [1.82, 2.24) is 0 Å². The molecule has 0 spiro atoms. The summed E-state index contributed by atoms with van der Waals surface area (Å²) in [5, 5.41) is 0. The first kappa shape index (κ1) is 8.71. The maximum atomic E-state index is 11.2. The van der Waals surface area contributed by atoms with E-state index in [2.05, 4.69) is 0 Å². The van der Waals surface area contributed by atoms with Crippen LogP contribution in [0.2, 0.25) is 4.34 Å². The quantitative estimate of drug-likeness (QED) is 0.723. The predicted octanol–water partition coefficient (Wildman–Crippen LogP) is 1.93. The second-order valence-corrected chi connectivity index (χ2v) is 3.97. The third-order valence-electron chi connectivity index (χ3n) is 1.23. The lowest BCUT2D eigenvalue weighted by Crippen LogP contribution is -2.25. The fourth-order valence-corrected chi connectivity index (χ4v) is 1.75. The monoisotopic (exact) mass is 189 g/mol. The van der Waals surface area contributed by atoms with Gasteiger partial charge in [0.05, 0.1) is 15.3 Å². The zero-order valence-corrected chi connectivity index (χ0v) is 7.58.